The third-order valence-electron chi connectivity index (χ3n) is 7.66. The zero-order chi connectivity index (χ0) is 22.0. The van der Waals surface area contributed by atoms with E-state index in [0.29, 0.717) is 35.4 Å². The fraction of sp³-hybridized carbons (Fsp3) is 0.346. The van der Waals surface area contributed by atoms with Gasteiger partial charge in [-0.05, 0) is 72.1 Å². The lowest BCUT2D eigenvalue weighted by atomic mass is 9.63. The number of hydrogen-bond acceptors (Lipinski definition) is 4. The van der Waals surface area contributed by atoms with Gasteiger partial charge in [0.1, 0.15) is 5.75 Å². The molecule has 162 valence electrons. The van der Waals surface area contributed by atoms with E-state index in [0.717, 1.165) is 12.0 Å². The number of methoxy groups -OCH3 is 1. The summed E-state index contributed by atoms with van der Waals surface area (Å²) in [6, 6.07) is 14.2. The zero-order valence-corrected chi connectivity index (χ0v) is 17.7. The highest BCUT2D eigenvalue weighted by Crippen LogP contribution is 2.65. The van der Waals surface area contributed by atoms with Crippen LogP contribution in [0.5, 0.6) is 5.75 Å². The monoisotopic (exact) mass is 428 g/mol. The Morgan fingerprint density at radius 3 is 2.09 bits per heavy atom. The van der Waals surface area contributed by atoms with Crippen LogP contribution in [0.4, 0.5) is 5.69 Å². The number of imide groups is 1. The number of carbonyl (C=O) groups excluding carboxylic acids is 3. The summed E-state index contributed by atoms with van der Waals surface area (Å²) in [4.78, 5) is 40.2. The SMILES string of the molecule is COc1ccc(C(=O)NCc2ccc(N3C(=O)[C@@H]4[C@@H]5C=CC([C@H]6CC65)[C@@H]4C3=O)cc2)cc1. The van der Waals surface area contributed by atoms with E-state index < -0.39 is 0 Å². The summed E-state index contributed by atoms with van der Waals surface area (Å²) in [5.41, 5.74) is 2.07. The van der Waals surface area contributed by atoms with Crippen LogP contribution in [-0.2, 0) is 16.1 Å². The first-order valence-corrected chi connectivity index (χ1v) is 11.1. The van der Waals surface area contributed by atoms with Crippen molar-refractivity contribution in [1.82, 2.24) is 5.32 Å². The van der Waals surface area contributed by atoms with Gasteiger partial charge in [0.05, 0.1) is 24.6 Å². The first-order chi connectivity index (χ1) is 15.6. The number of hydrogen-bond donors (Lipinski definition) is 1. The Morgan fingerprint density at radius 1 is 0.938 bits per heavy atom. The van der Waals surface area contributed by atoms with Crippen LogP contribution in [0, 0.1) is 35.5 Å². The molecule has 2 saturated carbocycles. The number of carbonyl (C=O) groups is 3. The predicted octanol–water partition coefficient (Wildman–Crippen LogP) is 3.18. The topological polar surface area (TPSA) is 75.7 Å². The van der Waals surface area contributed by atoms with Gasteiger partial charge in [0, 0.05) is 12.1 Å². The fourth-order valence-corrected chi connectivity index (χ4v) is 6.00. The maximum absolute atomic E-state index is 13.2. The van der Waals surface area contributed by atoms with Crippen LogP contribution in [0.1, 0.15) is 22.3 Å². The number of ether oxygens (including phenoxy) is 1. The Hall–Kier alpha value is -3.41. The predicted molar refractivity (Wildman–Crippen MR) is 118 cm³/mol. The van der Waals surface area contributed by atoms with Crippen molar-refractivity contribution in [3.8, 4) is 5.75 Å². The van der Waals surface area contributed by atoms with E-state index in [1.165, 1.54) is 4.90 Å². The summed E-state index contributed by atoms with van der Waals surface area (Å²) in [5.74, 6) is 1.69. The van der Waals surface area contributed by atoms with Gasteiger partial charge in [0.15, 0.2) is 0 Å². The second-order valence-corrected chi connectivity index (χ2v) is 9.24. The Labute approximate surface area is 186 Å². The van der Waals surface area contributed by atoms with E-state index in [1.807, 2.05) is 12.1 Å². The number of allylic oxidation sites excluding steroid dienone is 2. The summed E-state index contributed by atoms with van der Waals surface area (Å²) < 4.78 is 5.11. The summed E-state index contributed by atoms with van der Waals surface area (Å²) in [6.45, 7) is 0.357. The van der Waals surface area contributed by atoms with Gasteiger partial charge in [-0.1, -0.05) is 24.3 Å². The van der Waals surface area contributed by atoms with Crippen molar-refractivity contribution in [3.05, 3.63) is 71.8 Å². The molecule has 2 unspecified atom stereocenters. The van der Waals surface area contributed by atoms with Gasteiger partial charge in [-0.3, -0.25) is 19.3 Å². The van der Waals surface area contributed by atoms with E-state index >= 15 is 0 Å². The van der Waals surface area contributed by atoms with Crippen LogP contribution in [0.2, 0.25) is 0 Å². The quantitative estimate of drug-likeness (QED) is 0.586. The molecule has 5 aliphatic rings. The fourth-order valence-electron chi connectivity index (χ4n) is 6.00. The van der Waals surface area contributed by atoms with Gasteiger partial charge in [-0.25, -0.2) is 0 Å². The van der Waals surface area contributed by atoms with Gasteiger partial charge in [0.25, 0.3) is 5.91 Å². The molecule has 6 nitrogen and oxygen atoms in total. The van der Waals surface area contributed by atoms with Gasteiger partial charge in [0.2, 0.25) is 11.8 Å². The highest BCUT2D eigenvalue weighted by molar-refractivity contribution is 6.22. The Balaban J connectivity index is 1.14. The summed E-state index contributed by atoms with van der Waals surface area (Å²) in [7, 11) is 1.58. The van der Waals surface area contributed by atoms with Crippen LogP contribution in [0.25, 0.3) is 0 Å². The van der Waals surface area contributed by atoms with Crippen molar-refractivity contribution >= 4 is 23.4 Å². The molecule has 0 radical (unpaired) electrons. The third-order valence-corrected chi connectivity index (χ3v) is 7.66. The van der Waals surface area contributed by atoms with Gasteiger partial charge in [-0.2, -0.15) is 0 Å². The molecule has 2 bridgehead atoms. The molecule has 32 heavy (non-hydrogen) atoms. The summed E-state index contributed by atoms with van der Waals surface area (Å²) in [6.07, 6.45) is 5.53. The molecule has 1 heterocycles. The largest absolute Gasteiger partial charge is 0.497 e. The molecular weight excluding hydrogens is 404 g/mol. The average Bonchev–Trinajstić information content (AvgIpc) is 3.61. The minimum absolute atomic E-state index is 0.0507. The number of amides is 3. The lowest BCUT2D eigenvalue weighted by Gasteiger charge is -2.37. The van der Waals surface area contributed by atoms with Gasteiger partial charge >= 0.3 is 0 Å². The van der Waals surface area contributed by atoms with E-state index in [2.05, 4.69) is 17.5 Å². The molecule has 1 aliphatic heterocycles. The van der Waals surface area contributed by atoms with Crippen LogP contribution in [-0.4, -0.2) is 24.8 Å². The van der Waals surface area contributed by atoms with E-state index in [9.17, 15) is 14.4 Å². The number of benzene rings is 2. The number of nitrogens with zero attached hydrogens (tertiary/aromatic N) is 1. The van der Waals surface area contributed by atoms with Crippen molar-refractivity contribution in [2.24, 2.45) is 35.5 Å². The first-order valence-electron chi connectivity index (χ1n) is 11.1. The van der Waals surface area contributed by atoms with E-state index in [4.69, 9.17) is 4.74 Å². The molecule has 2 aromatic carbocycles. The van der Waals surface area contributed by atoms with Gasteiger partial charge in [-0.15, -0.1) is 0 Å². The molecule has 6 atom stereocenters. The Kier molecular flexibility index (Phi) is 4.25. The molecule has 2 aromatic rings. The molecule has 1 saturated heterocycles. The smallest absolute Gasteiger partial charge is 0.251 e. The first kappa shape index (κ1) is 19.3. The van der Waals surface area contributed by atoms with Crippen LogP contribution in [0.3, 0.4) is 0 Å². The van der Waals surface area contributed by atoms with Crippen LogP contribution < -0.4 is 15.0 Å². The maximum atomic E-state index is 13.2. The molecule has 1 N–H and O–H groups in total. The minimum atomic E-state index is -0.190. The molecule has 7 rings (SSSR count). The molecule has 3 fully saturated rings. The molecule has 3 amide bonds. The van der Waals surface area contributed by atoms with Crippen molar-refractivity contribution in [2.45, 2.75) is 13.0 Å². The summed E-state index contributed by atoms with van der Waals surface area (Å²) >= 11 is 0. The van der Waals surface area contributed by atoms with Crippen molar-refractivity contribution in [3.63, 3.8) is 0 Å². The highest BCUT2D eigenvalue weighted by Gasteiger charge is 2.67. The number of nitrogens with one attached hydrogen (secondary N) is 1. The van der Waals surface area contributed by atoms with Crippen LogP contribution >= 0.6 is 0 Å². The Bertz CT molecular complexity index is 1100. The summed E-state index contributed by atoms with van der Waals surface area (Å²) in [5, 5.41) is 2.89. The normalized spacial score (nSPS) is 31.3. The Morgan fingerprint density at radius 2 is 1.53 bits per heavy atom. The molecular formula is C26H24N2O4. The molecule has 6 heteroatoms. The van der Waals surface area contributed by atoms with E-state index in [-0.39, 0.29) is 41.4 Å². The number of anilines is 1. The van der Waals surface area contributed by atoms with E-state index in [1.54, 1.807) is 43.5 Å². The number of rotatable bonds is 5. The maximum Gasteiger partial charge on any atom is 0.251 e. The molecule has 0 aromatic heterocycles. The average molecular weight is 428 g/mol. The lowest BCUT2D eigenvalue weighted by Crippen LogP contribution is -2.40. The van der Waals surface area contributed by atoms with Crippen molar-refractivity contribution < 1.29 is 19.1 Å². The van der Waals surface area contributed by atoms with Crippen molar-refractivity contribution in [2.75, 3.05) is 12.0 Å². The minimum Gasteiger partial charge on any atom is -0.497 e. The molecule has 0 spiro atoms. The molecule has 4 aliphatic carbocycles. The third kappa shape index (κ3) is 2.82. The van der Waals surface area contributed by atoms with Gasteiger partial charge < -0.3 is 10.1 Å². The zero-order valence-electron chi connectivity index (χ0n) is 17.7. The second-order valence-electron chi connectivity index (χ2n) is 9.24. The van der Waals surface area contributed by atoms with Crippen molar-refractivity contribution in [1.29, 1.82) is 0 Å². The highest BCUT2D eigenvalue weighted by atomic mass is 16.5. The van der Waals surface area contributed by atoms with Crippen LogP contribution in [0.15, 0.2) is 60.7 Å². The standard InChI is InChI=1S/C26H24N2O4/c1-32-17-8-4-15(5-9-17)24(29)27-13-14-2-6-16(7-3-14)28-25(30)22-18-10-11-19(21-12-20(18)21)23(22)26(28)31/h2-11,18-23H,12-13H2,1H3,(H,27,29)/t18-,19?,20?,21-,22-,23+/m1/s1. The lowest BCUT2D eigenvalue weighted by molar-refractivity contribution is -0.124. The second kappa shape index (κ2) is 7.05.